The molecular weight excluding hydrogens is 288 g/mol. The molecule has 0 unspecified atom stereocenters. The lowest BCUT2D eigenvalue weighted by Gasteiger charge is -2.08. The molecule has 1 aromatic carbocycles. The van der Waals surface area contributed by atoms with Gasteiger partial charge in [-0.05, 0) is 22.0 Å². The molecule has 4 N–H and O–H groups in total. The average Bonchev–Trinajstić information content (AvgIpc) is 2.28. The van der Waals surface area contributed by atoms with Crippen LogP contribution in [-0.4, -0.2) is 30.8 Å². The van der Waals surface area contributed by atoms with E-state index in [0.717, 1.165) is 5.56 Å². The molecule has 1 rings (SSSR count). The van der Waals surface area contributed by atoms with Crippen LogP contribution in [0.15, 0.2) is 22.7 Å². The predicted molar refractivity (Wildman–Crippen MR) is 67.5 cm³/mol. The van der Waals surface area contributed by atoms with E-state index in [2.05, 4.69) is 21.2 Å². The maximum atomic E-state index is 10.4. The van der Waals surface area contributed by atoms with E-state index >= 15 is 0 Å². The van der Waals surface area contributed by atoms with Gasteiger partial charge in [0.2, 0.25) is 5.91 Å². The number of amides is 1. The minimum Gasteiger partial charge on any atom is -0.506 e. The van der Waals surface area contributed by atoms with E-state index in [1.165, 1.54) is 0 Å². The zero-order valence-electron chi connectivity index (χ0n) is 9.28. The topological polar surface area (TPSA) is 84.6 Å². The molecular formula is C11H15BrN2O3. The van der Waals surface area contributed by atoms with Crippen molar-refractivity contribution in [3.63, 3.8) is 0 Å². The van der Waals surface area contributed by atoms with Gasteiger partial charge in [0.25, 0.3) is 0 Å². The summed E-state index contributed by atoms with van der Waals surface area (Å²) in [5.74, 6) is -0.243. The molecule has 0 aromatic heterocycles. The first-order chi connectivity index (χ1) is 8.11. The summed E-state index contributed by atoms with van der Waals surface area (Å²) in [5.41, 5.74) is 5.71. The quantitative estimate of drug-likeness (QED) is 0.649. The minimum absolute atomic E-state index is 0.0657. The van der Waals surface area contributed by atoms with E-state index in [1.54, 1.807) is 6.07 Å². The van der Waals surface area contributed by atoms with Gasteiger partial charge in [0, 0.05) is 18.7 Å². The second-order valence-corrected chi connectivity index (χ2v) is 4.30. The molecule has 0 atom stereocenters. The van der Waals surface area contributed by atoms with Gasteiger partial charge in [-0.3, -0.25) is 4.79 Å². The number of phenolic OH excluding ortho intramolecular Hbond substituents is 1. The maximum absolute atomic E-state index is 10.4. The number of carbonyl (C=O) groups excluding carboxylic acids is 1. The molecule has 0 spiro atoms. The number of phenols is 1. The average molecular weight is 303 g/mol. The third-order valence-corrected chi connectivity index (χ3v) is 2.69. The number of halogens is 1. The van der Waals surface area contributed by atoms with Gasteiger partial charge in [-0.1, -0.05) is 12.1 Å². The highest BCUT2D eigenvalue weighted by Gasteiger charge is 2.03. The van der Waals surface area contributed by atoms with Crippen molar-refractivity contribution in [1.29, 1.82) is 0 Å². The Bertz CT molecular complexity index is 385. The Morgan fingerprint density at radius 2 is 2.29 bits per heavy atom. The largest absolute Gasteiger partial charge is 0.506 e. The summed E-state index contributed by atoms with van der Waals surface area (Å²) in [6.45, 7) is 1.45. The zero-order valence-corrected chi connectivity index (χ0v) is 10.9. The Hall–Kier alpha value is -1.11. The fourth-order valence-corrected chi connectivity index (χ4v) is 1.65. The monoisotopic (exact) mass is 302 g/mol. The number of nitrogens with two attached hydrogens (primary N) is 1. The van der Waals surface area contributed by atoms with E-state index < -0.39 is 5.91 Å². The number of carbonyl (C=O) groups is 1. The third kappa shape index (κ3) is 5.16. The van der Waals surface area contributed by atoms with E-state index in [4.69, 9.17) is 10.5 Å². The van der Waals surface area contributed by atoms with Crippen LogP contribution in [-0.2, 0) is 16.1 Å². The van der Waals surface area contributed by atoms with Crippen molar-refractivity contribution in [1.82, 2.24) is 5.32 Å². The van der Waals surface area contributed by atoms with Crippen molar-refractivity contribution in [2.75, 3.05) is 19.8 Å². The smallest absolute Gasteiger partial charge is 0.243 e. The van der Waals surface area contributed by atoms with Crippen LogP contribution in [0.2, 0.25) is 0 Å². The van der Waals surface area contributed by atoms with Gasteiger partial charge >= 0.3 is 0 Å². The fourth-order valence-electron chi connectivity index (χ4n) is 1.24. The number of ether oxygens (including phenoxy) is 1. The molecule has 0 fully saturated rings. The summed E-state index contributed by atoms with van der Waals surface area (Å²) in [4.78, 5) is 10.4. The van der Waals surface area contributed by atoms with Gasteiger partial charge < -0.3 is 20.9 Å². The molecule has 0 bridgehead atoms. The standard InChI is InChI=1S/C11H15BrN2O3/c12-9-3-1-2-8(11(9)16)6-14-4-5-17-7-10(13)15/h1-3,14,16H,4-7H2,(H2,13,15). The summed E-state index contributed by atoms with van der Waals surface area (Å²) in [5, 5.41) is 12.8. The van der Waals surface area contributed by atoms with Gasteiger partial charge in [-0.15, -0.1) is 0 Å². The van der Waals surface area contributed by atoms with E-state index in [9.17, 15) is 9.90 Å². The summed E-state index contributed by atoms with van der Waals surface area (Å²) in [6, 6.07) is 5.45. The number of hydrogen-bond donors (Lipinski definition) is 3. The molecule has 0 aliphatic carbocycles. The number of primary amides is 1. The Balaban J connectivity index is 2.22. The van der Waals surface area contributed by atoms with Gasteiger partial charge in [0.15, 0.2) is 0 Å². The Morgan fingerprint density at radius 1 is 1.53 bits per heavy atom. The lowest BCUT2D eigenvalue weighted by Crippen LogP contribution is -2.23. The Morgan fingerprint density at radius 3 is 3.00 bits per heavy atom. The van der Waals surface area contributed by atoms with Crippen molar-refractivity contribution in [2.24, 2.45) is 5.73 Å². The second kappa shape index (κ2) is 7.26. The maximum Gasteiger partial charge on any atom is 0.243 e. The highest BCUT2D eigenvalue weighted by Crippen LogP contribution is 2.26. The van der Waals surface area contributed by atoms with Crippen molar-refractivity contribution in [3.8, 4) is 5.75 Å². The lowest BCUT2D eigenvalue weighted by molar-refractivity contribution is -0.122. The number of aromatic hydroxyl groups is 1. The van der Waals surface area contributed by atoms with Crippen LogP contribution in [0.3, 0.4) is 0 Å². The minimum atomic E-state index is -0.477. The predicted octanol–water partition coefficient (Wildman–Crippen LogP) is 0.746. The number of hydrogen-bond acceptors (Lipinski definition) is 4. The summed E-state index contributed by atoms with van der Waals surface area (Å²) in [7, 11) is 0. The number of para-hydroxylation sites is 1. The van der Waals surface area contributed by atoms with Crippen molar-refractivity contribution < 1.29 is 14.6 Å². The van der Waals surface area contributed by atoms with E-state index in [0.29, 0.717) is 24.2 Å². The second-order valence-electron chi connectivity index (χ2n) is 3.44. The van der Waals surface area contributed by atoms with Crippen LogP contribution in [0.1, 0.15) is 5.56 Å². The lowest BCUT2D eigenvalue weighted by atomic mass is 10.2. The summed E-state index contributed by atoms with van der Waals surface area (Å²) >= 11 is 3.24. The molecule has 94 valence electrons. The summed E-state index contributed by atoms with van der Waals surface area (Å²) < 4.78 is 5.65. The molecule has 1 amide bonds. The van der Waals surface area contributed by atoms with Crippen LogP contribution >= 0.6 is 15.9 Å². The molecule has 0 saturated carbocycles. The zero-order chi connectivity index (χ0) is 12.7. The SMILES string of the molecule is NC(=O)COCCNCc1cccc(Br)c1O. The molecule has 0 heterocycles. The Labute approximate surface area is 108 Å². The number of nitrogens with one attached hydrogen (secondary N) is 1. The first-order valence-electron chi connectivity index (χ1n) is 5.14. The van der Waals surface area contributed by atoms with Crippen LogP contribution in [0.5, 0.6) is 5.75 Å². The van der Waals surface area contributed by atoms with Crippen LogP contribution in [0.4, 0.5) is 0 Å². The number of rotatable bonds is 7. The molecule has 0 saturated heterocycles. The van der Waals surface area contributed by atoms with Gasteiger partial charge in [0.1, 0.15) is 12.4 Å². The first-order valence-corrected chi connectivity index (χ1v) is 5.93. The van der Waals surface area contributed by atoms with Gasteiger partial charge in [0.05, 0.1) is 11.1 Å². The molecule has 0 aliphatic heterocycles. The summed E-state index contributed by atoms with van der Waals surface area (Å²) in [6.07, 6.45) is 0. The first kappa shape index (κ1) is 14.0. The fraction of sp³-hybridized carbons (Fsp3) is 0.364. The van der Waals surface area contributed by atoms with Gasteiger partial charge in [-0.2, -0.15) is 0 Å². The van der Waals surface area contributed by atoms with Crippen molar-refractivity contribution in [2.45, 2.75) is 6.54 Å². The van der Waals surface area contributed by atoms with Crippen LogP contribution in [0.25, 0.3) is 0 Å². The molecule has 0 radical (unpaired) electrons. The normalized spacial score (nSPS) is 10.4. The molecule has 6 heteroatoms. The molecule has 0 aliphatic rings. The van der Waals surface area contributed by atoms with Crippen LogP contribution in [0, 0.1) is 0 Å². The van der Waals surface area contributed by atoms with Crippen molar-refractivity contribution >= 4 is 21.8 Å². The third-order valence-electron chi connectivity index (χ3n) is 2.05. The van der Waals surface area contributed by atoms with E-state index in [1.807, 2.05) is 12.1 Å². The highest BCUT2D eigenvalue weighted by atomic mass is 79.9. The molecule has 17 heavy (non-hydrogen) atoms. The van der Waals surface area contributed by atoms with E-state index in [-0.39, 0.29) is 12.4 Å². The molecule has 1 aromatic rings. The highest BCUT2D eigenvalue weighted by molar-refractivity contribution is 9.10. The van der Waals surface area contributed by atoms with Crippen molar-refractivity contribution in [3.05, 3.63) is 28.2 Å². The van der Waals surface area contributed by atoms with Crippen LogP contribution < -0.4 is 11.1 Å². The molecule has 5 nitrogen and oxygen atoms in total. The van der Waals surface area contributed by atoms with Gasteiger partial charge in [-0.25, -0.2) is 0 Å². The number of benzene rings is 1. The Kier molecular flexibility index (Phi) is 5.96.